The minimum absolute atomic E-state index is 0.0403. The molecule has 0 saturated heterocycles. The van der Waals surface area contributed by atoms with Crippen LogP contribution >= 0.6 is 0 Å². The third-order valence-corrected chi connectivity index (χ3v) is 4.50. The lowest BCUT2D eigenvalue weighted by atomic mass is 9.78. The molecule has 0 aromatic rings. The topological polar surface area (TPSA) is 66.4 Å². The molecule has 4 nitrogen and oxygen atoms in total. The van der Waals surface area contributed by atoms with Crippen LogP contribution in [0.1, 0.15) is 51.4 Å². The fraction of sp³-hybridized carbons (Fsp3) is 0.857. The number of carbonyl (C=O) groups excluding carboxylic acids is 1. The van der Waals surface area contributed by atoms with E-state index in [0.29, 0.717) is 13.0 Å². The van der Waals surface area contributed by atoms with Crippen LogP contribution in [-0.4, -0.2) is 23.5 Å². The van der Waals surface area contributed by atoms with Crippen molar-refractivity contribution in [2.75, 3.05) is 6.54 Å². The highest BCUT2D eigenvalue weighted by Gasteiger charge is 2.35. The third kappa shape index (κ3) is 3.24. The molecule has 0 radical (unpaired) electrons. The van der Waals surface area contributed by atoms with Gasteiger partial charge in [0.15, 0.2) is 0 Å². The van der Waals surface area contributed by atoms with E-state index in [4.69, 9.17) is 5.11 Å². The molecule has 2 N–H and O–H groups in total. The van der Waals surface area contributed by atoms with Gasteiger partial charge in [-0.2, -0.15) is 0 Å². The molecule has 0 spiro atoms. The molecule has 2 saturated carbocycles. The van der Waals surface area contributed by atoms with Crippen molar-refractivity contribution in [3.63, 3.8) is 0 Å². The molecule has 2 aliphatic rings. The predicted octanol–water partition coefficient (Wildman–Crippen LogP) is 2.18. The SMILES string of the molecule is O=C(O)[C@H]1CCCC[C@H]1C(=O)NCCC1CCC1. The first kappa shape index (κ1) is 13.4. The van der Waals surface area contributed by atoms with Crippen molar-refractivity contribution in [3.8, 4) is 0 Å². The third-order valence-electron chi connectivity index (χ3n) is 4.50. The highest BCUT2D eigenvalue weighted by molar-refractivity contribution is 5.84. The Bertz CT molecular complexity index is 312. The number of nitrogens with one attached hydrogen (secondary N) is 1. The minimum Gasteiger partial charge on any atom is -0.481 e. The standard InChI is InChI=1S/C14H23NO3/c16-13(15-9-8-10-4-3-5-10)11-6-1-2-7-12(11)14(17)18/h10-12H,1-9H2,(H,15,16)(H,17,18)/t11-,12+/m1/s1. The van der Waals surface area contributed by atoms with Crippen molar-refractivity contribution >= 4 is 11.9 Å². The summed E-state index contributed by atoms with van der Waals surface area (Å²) in [5, 5.41) is 12.1. The molecule has 0 aromatic heterocycles. The molecule has 1 amide bonds. The maximum Gasteiger partial charge on any atom is 0.307 e. The highest BCUT2D eigenvalue weighted by Crippen LogP contribution is 2.31. The Kier molecular flexibility index (Phi) is 4.61. The van der Waals surface area contributed by atoms with Gasteiger partial charge in [-0.25, -0.2) is 0 Å². The molecule has 2 rings (SSSR count). The van der Waals surface area contributed by atoms with Crippen LogP contribution in [0, 0.1) is 17.8 Å². The Morgan fingerprint density at radius 2 is 1.67 bits per heavy atom. The van der Waals surface area contributed by atoms with Crippen molar-refractivity contribution < 1.29 is 14.7 Å². The van der Waals surface area contributed by atoms with Crippen LogP contribution in [0.2, 0.25) is 0 Å². The van der Waals surface area contributed by atoms with Gasteiger partial charge in [0.2, 0.25) is 5.91 Å². The summed E-state index contributed by atoms with van der Waals surface area (Å²) >= 11 is 0. The lowest BCUT2D eigenvalue weighted by Gasteiger charge is -2.28. The van der Waals surface area contributed by atoms with E-state index < -0.39 is 11.9 Å². The van der Waals surface area contributed by atoms with Gasteiger partial charge in [-0.15, -0.1) is 0 Å². The number of hydrogen-bond acceptors (Lipinski definition) is 2. The lowest BCUT2D eigenvalue weighted by molar-refractivity contribution is -0.148. The number of hydrogen-bond donors (Lipinski definition) is 2. The van der Waals surface area contributed by atoms with E-state index in [1.807, 2.05) is 0 Å². The molecule has 2 fully saturated rings. The number of aliphatic carboxylic acids is 1. The summed E-state index contributed by atoms with van der Waals surface area (Å²) in [6.45, 7) is 0.715. The highest BCUT2D eigenvalue weighted by atomic mass is 16.4. The summed E-state index contributed by atoms with van der Waals surface area (Å²) in [5.41, 5.74) is 0. The number of rotatable bonds is 5. The number of amides is 1. The zero-order chi connectivity index (χ0) is 13.0. The molecular weight excluding hydrogens is 230 g/mol. The van der Waals surface area contributed by atoms with Gasteiger partial charge in [0.1, 0.15) is 0 Å². The van der Waals surface area contributed by atoms with Crippen LogP contribution in [0.5, 0.6) is 0 Å². The summed E-state index contributed by atoms with van der Waals surface area (Å²) in [7, 11) is 0. The van der Waals surface area contributed by atoms with Gasteiger partial charge in [0, 0.05) is 6.54 Å². The van der Waals surface area contributed by atoms with E-state index in [1.165, 1.54) is 19.3 Å². The normalized spacial score (nSPS) is 28.4. The van der Waals surface area contributed by atoms with Crippen molar-refractivity contribution in [2.24, 2.45) is 17.8 Å². The molecule has 0 aromatic carbocycles. The molecule has 18 heavy (non-hydrogen) atoms. The first-order valence-corrected chi connectivity index (χ1v) is 7.19. The molecule has 2 atom stereocenters. The Balaban J connectivity index is 1.76. The van der Waals surface area contributed by atoms with Gasteiger partial charge in [0.05, 0.1) is 11.8 Å². The Labute approximate surface area is 108 Å². The average Bonchev–Trinajstić information content (AvgIpc) is 2.32. The van der Waals surface area contributed by atoms with E-state index in [2.05, 4.69) is 5.32 Å². The van der Waals surface area contributed by atoms with Crippen LogP contribution < -0.4 is 5.32 Å². The van der Waals surface area contributed by atoms with E-state index in [0.717, 1.165) is 31.6 Å². The number of carboxylic acid groups (broad SMARTS) is 1. The van der Waals surface area contributed by atoms with Crippen LogP contribution in [0.4, 0.5) is 0 Å². The number of carbonyl (C=O) groups is 2. The molecule has 4 heteroatoms. The molecule has 102 valence electrons. The van der Waals surface area contributed by atoms with E-state index in [9.17, 15) is 9.59 Å². The van der Waals surface area contributed by atoms with Gasteiger partial charge in [-0.1, -0.05) is 32.1 Å². The molecule has 0 bridgehead atoms. The lowest BCUT2D eigenvalue weighted by Crippen LogP contribution is -2.40. The van der Waals surface area contributed by atoms with E-state index in [1.54, 1.807) is 0 Å². The minimum atomic E-state index is -0.811. The maximum absolute atomic E-state index is 12.0. The largest absolute Gasteiger partial charge is 0.481 e. The Morgan fingerprint density at radius 3 is 2.22 bits per heavy atom. The second-order valence-corrected chi connectivity index (χ2v) is 5.71. The van der Waals surface area contributed by atoms with Crippen molar-refractivity contribution in [1.82, 2.24) is 5.32 Å². The van der Waals surface area contributed by atoms with Crippen molar-refractivity contribution in [1.29, 1.82) is 0 Å². The predicted molar refractivity (Wildman–Crippen MR) is 68.1 cm³/mol. The average molecular weight is 253 g/mol. The monoisotopic (exact) mass is 253 g/mol. The van der Waals surface area contributed by atoms with Crippen LogP contribution in [0.3, 0.4) is 0 Å². The van der Waals surface area contributed by atoms with Crippen molar-refractivity contribution in [2.45, 2.75) is 51.4 Å². The van der Waals surface area contributed by atoms with Gasteiger partial charge < -0.3 is 10.4 Å². The van der Waals surface area contributed by atoms with Crippen molar-refractivity contribution in [3.05, 3.63) is 0 Å². The quantitative estimate of drug-likeness (QED) is 0.789. The fourth-order valence-electron chi connectivity index (χ4n) is 3.05. The zero-order valence-electron chi connectivity index (χ0n) is 10.9. The van der Waals surface area contributed by atoms with Crippen LogP contribution in [-0.2, 0) is 9.59 Å². The smallest absolute Gasteiger partial charge is 0.307 e. The first-order valence-electron chi connectivity index (χ1n) is 7.19. The second-order valence-electron chi connectivity index (χ2n) is 5.71. The summed E-state index contributed by atoms with van der Waals surface area (Å²) < 4.78 is 0. The Hall–Kier alpha value is -1.06. The number of carboxylic acids is 1. The zero-order valence-corrected chi connectivity index (χ0v) is 10.9. The van der Waals surface area contributed by atoms with Gasteiger partial charge in [0.25, 0.3) is 0 Å². The van der Waals surface area contributed by atoms with Crippen LogP contribution in [0.25, 0.3) is 0 Å². The summed E-state index contributed by atoms with van der Waals surface area (Å²) in [4.78, 5) is 23.2. The van der Waals surface area contributed by atoms with E-state index in [-0.39, 0.29) is 11.8 Å². The van der Waals surface area contributed by atoms with E-state index >= 15 is 0 Å². The summed E-state index contributed by atoms with van der Waals surface area (Å²) in [6, 6.07) is 0. The maximum atomic E-state index is 12.0. The fourth-order valence-corrected chi connectivity index (χ4v) is 3.05. The van der Waals surface area contributed by atoms with Gasteiger partial charge in [-0.3, -0.25) is 9.59 Å². The Morgan fingerprint density at radius 1 is 1.00 bits per heavy atom. The van der Waals surface area contributed by atoms with Gasteiger partial charge in [-0.05, 0) is 25.2 Å². The molecular formula is C14H23NO3. The molecule has 0 heterocycles. The second kappa shape index (κ2) is 6.21. The van der Waals surface area contributed by atoms with Crippen LogP contribution in [0.15, 0.2) is 0 Å². The van der Waals surface area contributed by atoms with Gasteiger partial charge >= 0.3 is 5.97 Å². The first-order chi connectivity index (χ1) is 8.68. The summed E-state index contributed by atoms with van der Waals surface area (Å²) in [5.74, 6) is -0.845. The molecule has 0 aliphatic heterocycles. The molecule has 2 aliphatic carbocycles. The molecule has 0 unspecified atom stereocenters. The summed E-state index contributed by atoms with van der Waals surface area (Å²) in [6.07, 6.45) is 8.24.